The summed E-state index contributed by atoms with van der Waals surface area (Å²) in [5.74, 6) is 0.941. The van der Waals surface area contributed by atoms with Gasteiger partial charge in [0.2, 0.25) is 0 Å². The first-order valence-electron chi connectivity index (χ1n) is 9.23. The van der Waals surface area contributed by atoms with Crippen molar-refractivity contribution in [3.63, 3.8) is 0 Å². The average Bonchev–Trinajstić information content (AvgIpc) is 2.93. The highest BCUT2D eigenvalue weighted by Gasteiger charge is 2.18. The number of phenolic OH excluding ortho intramolecular Hbond substituents is 1. The summed E-state index contributed by atoms with van der Waals surface area (Å²) in [6, 6.07) is 7.71. The highest BCUT2D eigenvalue weighted by molar-refractivity contribution is 6.17. The molecule has 0 fully saturated rings. The number of aromatic hydroxyl groups is 1. The Labute approximate surface area is 153 Å². The third-order valence-electron chi connectivity index (χ3n) is 5.30. The molecule has 134 valence electrons. The normalized spacial score (nSPS) is 11.9. The van der Waals surface area contributed by atoms with Gasteiger partial charge in [0.25, 0.3) is 0 Å². The highest BCUT2D eigenvalue weighted by Crippen LogP contribution is 2.38. The van der Waals surface area contributed by atoms with Crippen LogP contribution in [0.4, 0.5) is 0 Å². The van der Waals surface area contributed by atoms with Gasteiger partial charge in [-0.2, -0.15) is 0 Å². The van der Waals surface area contributed by atoms with Crippen LogP contribution in [0.1, 0.15) is 31.4 Å². The zero-order valence-electron chi connectivity index (χ0n) is 15.8. The lowest BCUT2D eigenvalue weighted by molar-refractivity contribution is 0.476. The smallest absolute Gasteiger partial charge is 0.116 e. The maximum atomic E-state index is 10.1. The molecule has 4 aromatic rings. The highest BCUT2D eigenvalue weighted by atomic mass is 16.3. The Morgan fingerprint density at radius 1 is 1.08 bits per heavy atom. The number of fused-ring (bicyclic) bond motifs is 4. The third kappa shape index (κ3) is 2.48. The minimum absolute atomic E-state index is 0.294. The van der Waals surface area contributed by atoms with E-state index < -0.39 is 0 Å². The number of rotatable bonds is 4. The number of benzene rings is 2. The second kappa shape index (κ2) is 6.20. The second-order valence-electron chi connectivity index (χ2n) is 7.52. The topological polar surface area (TPSA) is 50.1 Å². The van der Waals surface area contributed by atoms with Crippen LogP contribution in [0.15, 0.2) is 36.7 Å². The van der Waals surface area contributed by atoms with E-state index in [1.165, 1.54) is 32.8 Å². The molecule has 26 heavy (non-hydrogen) atoms. The summed E-state index contributed by atoms with van der Waals surface area (Å²) in [7, 11) is 0. The van der Waals surface area contributed by atoms with E-state index in [9.17, 15) is 5.11 Å². The van der Waals surface area contributed by atoms with Gasteiger partial charge >= 0.3 is 0 Å². The van der Waals surface area contributed by atoms with E-state index in [0.29, 0.717) is 11.7 Å². The quantitative estimate of drug-likeness (QED) is 0.530. The monoisotopic (exact) mass is 347 g/mol. The Morgan fingerprint density at radius 2 is 1.88 bits per heavy atom. The predicted molar refractivity (Wildman–Crippen MR) is 110 cm³/mol. The number of phenols is 1. The van der Waals surface area contributed by atoms with Gasteiger partial charge in [-0.25, -0.2) is 0 Å². The van der Waals surface area contributed by atoms with Crippen LogP contribution in [0.2, 0.25) is 0 Å². The molecular formula is C22H25N3O. The number of aromatic nitrogens is 2. The van der Waals surface area contributed by atoms with Gasteiger partial charge in [0.1, 0.15) is 5.75 Å². The van der Waals surface area contributed by atoms with Crippen molar-refractivity contribution in [2.24, 2.45) is 5.92 Å². The SMILES string of the molecule is Cc1c2cnccc2c(C)c2c1c1cc(O)ccc1n2NCCC(C)C. The zero-order chi connectivity index (χ0) is 18.4. The summed E-state index contributed by atoms with van der Waals surface area (Å²) in [5.41, 5.74) is 8.33. The average molecular weight is 347 g/mol. The molecule has 0 saturated heterocycles. The molecule has 4 nitrogen and oxygen atoms in total. The lowest BCUT2D eigenvalue weighted by Gasteiger charge is -2.15. The number of aryl methyl sites for hydroxylation is 2. The van der Waals surface area contributed by atoms with Crippen LogP contribution >= 0.6 is 0 Å². The number of hydrogen-bond donors (Lipinski definition) is 2. The second-order valence-corrected chi connectivity index (χ2v) is 7.52. The van der Waals surface area contributed by atoms with Gasteiger partial charge in [-0.05, 0) is 67.0 Å². The molecule has 0 bridgehead atoms. The molecule has 0 aliphatic carbocycles. The Kier molecular flexibility index (Phi) is 3.98. The van der Waals surface area contributed by atoms with Crippen molar-refractivity contribution in [3.8, 4) is 5.75 Å². The van der Waals surface area contributed by atoms with Crippen molar-refractivity contribution in [2.45, 2.75) is 34.1 Å². The van der Waals surface area contributed by atoms with Crippen molar-refractivity contribution >= 4 is 32.6 Å². The van der Waals surface area contributed by atoms with Crippen LogP contribution < -0.4 is 5.43 Å². The van der Waals surface area contributed by atoms with Crippen LogP contribution in [0.3, 0.4) is 0 Å². The Bertz CT molecular complexity index is 1130. The molecule has 0 unspecified atom stereocenters. The molecule has 0 aliphatic heterocycles. The molecule has 0 spiro atoms. The Balaban J connectivity index is 2.10. The summed E-state index contributed by atoms with van der Waals surface area (Å²) >= 11 is 0. The van der Waals surface area contributed by atoms with Gasteiger partial charge < -0.3 is 10.5 Å². The lowest BCUT2D eigenvalue weighted by atomic mass is 9.97. The van der Waals surface area contributed by atoms with Crippen LogP contribution in [-0.2, 0) is 0 Å². The molecule has 4 rings (SSSR count). The van der Waals surface area contributed by atoms with E-state index in [-0.39, 0.29) is 0 Å². The number of hydrogen-bond acceptors (Lipinski definition) is 3. The first-order chi connectivity index (χ1) is 12.5. The molecule has 0 radical (unpaired) electrons. The van der Waals surface area contributed by atoms with E-state index in [2.05, 4.69) is 48.8 Å². The van der Waals surface area contributed by atoms with Gasteiger partial charge in [0.15, 0.2) is 0 Å². The van der Waals surface area contributed by atoms with Gasteiger partial charge in [0.05, 0.1) is 11.0 Å². The molecule has 2 heterocycles. The predicted octanol–water partition coefficient (Wildman–Crippen LogP) is 5.25. The third-order valence-corrected chi connectivity index (χ3v) is 5.30. The first kappa shape index (κ1) is 16.7. The van der Waals surface area contributed by atoms with Crippen LogP contribution in [0.25, 0.3) is 32.6 Å². The largest absolute Gasteiger partial charge is 0.508 e. The van der Waals surface area contributed by atoms with E-state index in [0.717, 1.165) is 23.9 Å². The molecule has 0 aliphatic rings. The zero-order valence-corrected chi connectivity index (χ0v) is 15.8. The maximum absolute atomic E-state index is 10.1. The fourth-order valence-corrected chi connectivity index (χ4v) is 3.93. The molecule has 0 amide bonds. The summed E-state index contributed by atoms with van der Waals surface area (Å²) in [5, 5.41) is 14.7. The van der Waals surface area contributed by atoms with E-state index in [4.69, 9.17) is 0 Å². The number of nitrogens with one attached hydrogen (secondary N) is 1. The van der Waals surface area contributed by atoms with Crippen molar-refractivity contribution in [2.75, 3.05) is 12.0 Å². The van der Waals surface area contributed by atoms with E-state index in [1.54, 1.807) is 6.07 Å². The standard InChI is InChI=1S/C22H25N3O/c1-13(2)7-10-24-25-20-6-5-16(26)11-18(20)21-14(3)19-12-23-9-8-17(19)15(4)22(21)25/h5-6,8-9,11-13,24,26H,7,10H2,1-4H3. The first-order valence-corrected chi connectivity index (χ1v) is 9.23. The summed E-state index contributed by atoms with van der Waals surface area (Å²) in [6.45, 7) is 9.70. The van der Waals surface area contributed by atoms with Gasteiger partial charge in [0, 0.05) is 35.1 Å². The summed E-state index contributed by atoms with van der Waals surface area (Å²) < 4.78 is 2.20. The van der Waals surface area contributed by atoms with Crippen molar-refractivity contribution < 1.29 is 5.11 Å². The Hall–Kier alpha value is -2.75. The van der Waals surface area contributed by atoms with Crippen LogP contribution in [0.5, 0.6) is 5.75 Å². The minimum atomic E-state index is 0.294. The van der Waals surface area contributed by atoms with Crippen molar-refractivity contribution in [1.82, 2.24) is 9.66 Å². The molecule has 4 heteroatoms. The molecule has 2 aromatic heterocycles. The van der Waals surface area contributed by atoms with Gasteiger partial charge in [-0.1, -0.05) is 13.8 Å². The van der Waals surface area contributed by atoms with Crippen LogP contribution in [0, 0.1) is 19.8 Å². The van der Waals surface area contributed by atoms with Crippen molar-refractivity contribution in [1.29, 1.82) is 0 Å². The molecule has 2 aromatic carbocycles. The molecular weight excluding hydrogens is 322 g/mol. The fourth-order valence-electron chi connectivity index (χ4n) is 3.93. The minimum Gasteiger partial charge on any atom is -0.508 e. The lowest BCUT2D eigenvalue weighted by Crippen LogP contribution is -2.17. The molecule has 0 saturated carbocycles. The van der Waals surface area contributed by atoms with E-state index in [1.807, 2.05) is 24.5 Å². The van der Waals surface area contributed by atoms with E-state index >= 15 is 0 Å². The summed E-state index contributed by atoms with van der Waals surface area (Å²) in [4.78, 5) is 4.32. The number of pyridine rings is 1. The number of nitrogens with zero attached hydrogens (tertiary/aromatic N) is 2. The fraction of sp³-hybridized carbons (Fsp3) is 0.318. The van der Waals surface area contributed by atoms with Gasteiger partial charge in [-0.15, -0.1) is 0 Å². The van der Waals surface area contributed by atoms with Crippen molar-refractivity contribution in [3.05, 3.63) is 47.8 Å². The van der Waals surface area contributed by atoms with Gasteiger partial charge in [-0.3, -0.25) is 9.66 Å². The summed E-state index contributed by atoms with van der Waals surface area (Å²) in [6.07, 6.45) is 4.90. The maximum Gasteiger partial charge on any atom is 0.116 e. The Morgan fingerprint density at radius 3 is 2.65 bits per heavy atom. The van der Waals surface area contributed by atoms with Crippen LogP contribution in [-0.4, -0.2) is 21.3 Å². The molecule has 2 N–H and O–H groups in total. The molecule has 0 atom stereocenters.